The fraction of sp³-hybridized carbons (Fsp3) is 0.767. The lowest BCUT2D eigenvalue weighted by Crippen LogP contribution is -2.42. The van der Waals surface area contributed by atoms with Crippen LogP contribution in [0.2, 0.25) is 5.82 Å². The lowest BCUT2D eigenvalue weighted by molar-refractivity contribution is 0.179. The van der Waals surface area contributed by atoms with Crippen molar-refractivity contribution in [3.63, 3.8) is 0 Å². The molecule has 0 amide bonds. The Kier molecular flexibility index (Phi) is 11.8. The van der Waals surface area contributed by atoms with E-state index in [2.05, 4.69) is 81.9 Å². The Morgan fingerprint density at radius 2 is 1.53 bits per heavy atom. The number of likely N-dealkylation sites (N-methyl/N-ethyl adjacent to an activating group) is 2. The van der Waals surface area contributed by atoms with Gasteiger partial charge in [-0.3, -0.25) is 4.99 Å². The number of rotatable bonds is 8. The van der Waals surface area contributed by atoms with Gasteiger partial charge in [0.15, 0.2) is 7.28 Å². The first kappa shape index (κ1) is 27.1. The van der Waals surface area contributed by atoms with Crippen LogP contribution in [0.4, 0.5) is 0 Å². The van der Waals surface area contributed by atoms with Crippen LogP contribution in [0.25, 0.3) is 0 Å². The van der Waals surface area contributed by atoms with Crippen LogP contribution < -0.4 is 0 Å². The minimum Gasteiger partial charge on any atom is -0.357 e. The molecule has 1 aliphatic heterocycles. The van der Waals surface area contributed by atoms with Gasteiger partial charge in [-0.25, -0.2) is 0 Å². The third-order valence-corrected chi connectivity index (χ3v) is 8.37. The van der Waals surface area contributed by atoms with Crippen LogP contribution in [0.3, 0.4) is 0 Å². The van der Waals surface area contributed by atoms with E-state index in [0.29, 0.717) is 6.17 Å². The molecule has 2 aliphatic carbocycles. The summed E-state index contributed by atoms with van der Waals surface area (Å²) in [7, 11) is 6.84. The van der Waals surface area contributed by atoms with Gasteiger partial charge in [-0.2, -0.15) is 0 Å². The van der Waals surface area contributed by atoms with Crippen LogP contribution in [-0.4, -0.2) is 49.6 Å². The van der Waals surface area contributed by atoms with Gasteiger partial charge in [0.25, 0.3) is 0 Å². The van der Waals surface area contributed by atoms with Crippen molar-refractivity contribution < 1.29 is 0 Å². The zero-order valence-corrected chi connectivity index (χ0v) is 22.7. The van der Waals surface area contributed by atoms with Crippen molar-refractivity contribution in [1.29, 1.82) is 0 Å². The van der Waals surface area contributed by atoms with Gasteiger partial charge < -0.3 is 9.80 Å². The zero-order valence-electron chi connectivity index (χ0n) is 22.7. The number of aliphatic imine (C=N–C) groups is 1. The average molecular weight is 465 g/mol. The standard InChI is InChI=1S/C30H51BN3/c1-25-13-10-15-27(16-11-14-25)17-12-20-29(31-28-18-8-6-5-7-9-19-28)21-22-32-26(2)30-33(3)23-24-34(30)4/h12,20-28,30H,5-11,13-19H2,1-4H3/b20-12-,29-21+,32-22?/t25?,26-,27?/m1/s1. The molecule has 2 fully saturated rings. The second kappa shape index (κ2) is 14.8. The van der Waals surface area contributed by atoms with Gasteiger partial charge in [0.05, 0.1) is 6.04 Å². The number of nitrogens with zero attached hydrogens (tertiary/aromatic N) is 3. The van der Waals surface area contributed by atoms with Crippen molar-refractivity contribution >= 4 is 13.5 Å². The van der Waals surface area contributed by atoms with Crippen LogP contribution in [0.15, 0.2) is 41.1 Å². The number of hydrogen-bond donors (Lipinski definition) is 0. The van der Waals surface area contributed by atoms with Gasteiger partial charge in [-0.15, -0.1) is 0 Å². The Balaban J connectivity index is 1.61. The molecule has 1 radical (unpaired) electrons. The largest absolute Gasteiger partial charge is 0.357 e. The Morgan fingerprint density at radius 3 is 2.18 bits per heavy atom. The van der Waals surface area contributed by atoms with Crippen LogP contribution in [0, 0.1) is 11.8 Å². The summed E-state index contributed by atoms with van der Waals surface area (Å²) in [6.07, 6.45) is 33.3. The van der Waals surface area contributed by atoms with Crippen molar-refractivity contribution in [2.24, 2.45) is 16.8 Å². The van der Waals surface area contributed by atoms with Crippen LogP contribution in [0.5, 0.6) is 0 Å². The second-order valence-corrected chi connectivity index (χ2v) is 11.5. The first-order chi connectivity index (χ1) is 16.5. The van der Waals surface area contributed by atoms with E-state index >= 15 is 0 Å². The van der Waals surface area contributed by atoms with E-state index in [-0.39, 0.29) is 6.04 Å². The second-order valence-electron chi connectivity index (χ2n) is 11.5. The molecule has 0 aromatic heterocycles. The molecule has 3 rings (SSSR count). The highest BCUT2D eigenvalue weighted by Gasteiger charge is 2.25. The Hall–Kier alpha value is -1.45. The molecule has 1 heterocycles. The maximum Gasteiger partial charge on any atom is 0.155 e. The van der Waals surface area contributed by atoms with Crippen molar-refractivity contribution in [2.45, 2.75) is 122 Å². The van der Waals surface area contributed by atoms with E-state index in [9.17, 15) is 0 Å². The predicted octanol–water partition coefficient (Wildman–Crippen LogP) is 7.79. The van der Waals surface area contributed by atoms with Gasteiger partial charge in [-0.05, 0) is 25.2 Å². The minimum absolute atomic E-state index is 0.227. The molecule has 0 unspecified atom stereocenters. The molecule has 4 heteroatoms. The molecule has 0 saturated heterocycles. The maximum atomic E-state index is 4.92. The lowest BCUT2D eigenvalue weighted by atomic mass is 9.55. The number of hydrogen-bond acceptors (Lipinski definition) is 3. The highest BCUT2D eigenvalue weighted by atomic mass is 15.4. The molecule has 189 valence electrons. The van der Waals surface area contributed by atoms with Gasteiger partial charge in [0, 0.05) is 32.7 Å². The Morgan fingerprint density at radius 1 is 0.912 bits per heavy atom. The molecule has 0 N–H and O–H groups in total. The van der Waals surface area contributed by atoms with E-state index in [1.165, 1.54) is 95.4 Å². The summed E-state index contributed by atoms with van der Waals surface area (Å²) in [5, 5.41) is 0. The molecular weight excluding hydrogens is 413 g/mol. The smallest absolute Gasteiger partial charge is 0.155 e. The topological polar surface area (TPSA) is 18.8 Å². The van der Waals surface area contributed by atoms with Gasteiger partial charge in [0.1, 0.15) is 6.17 Å². The van der Waals surface area contributed by atoms with E-state index in [4.69, 9.17) is 4.99 Å². The molecule has 3 aliphatic rings. The summed E-state index contributed by atoms with van der Waals surface area (Å²) in [6.45, 7) is 4.66. The monoisotopic (exact) mass is 464 g/mol. The summed E-state index contributed by atoms with van der Waals surface area (Å²) in [4.78, 5) is 9.43. The predicted molar refractivity (Wildman–Crippen MR) is 150 cm³/mol. The van der Waals surface area contributed by atoms with Crippen molar-refractivity contribution in [3.8, 4) is 0 Å². The first-order valence-electron chi connectivity index (χ1n) is 14.4. The van der Waals surface area contributed by atoms with Crippen molar-refractivity contribution in [2.75, 3.05) is 14.1 Å². The molecule has 2 saturated carbocycles. The van der Waals surface area contributed by atoms with Crippen LogP contribution in [-0.2, 0) is 0 Å². The fourth-order valence-corrected chi connectivity index (χ4v) is 6.22. The highest BCUT2D eigenvalue weighted by molar-refractivity contribution is 6.48. The normalized spacial score (nSPS) is 27.7. The molecule has 34 heavy (non-hydrogen) atoms. The van der Waals surface area contributed by atoms with Crippen molar-refractivity contribution in [1.82, 2.24) is 9.80 Å². The minimum atomic E-state index is 0.227. The molecule has 0 spiro atoms. The molecule has 0 bridgehead atoms. The average Bonchev–Trinajstić information content (AvgIpc) is 3.11. The van der Waals surface area contributed by atoms with E-state index in [0.717, 1.165) is 17.7 Å². The Labute approximate surface area is 212 Å². The van der Waals surface area contributed by atoms with E-state index < -0.39 is 0 Å². The molecule has 0 aromatic carbocycles. The third kappa shape index (κ3) is 9.31. The summed E-state index contributed by atoms with van der Waals surface area (Å²) in [6, 6.07) is 0.227. The van der Waals surface area contributed by atoms with Crippen molar-refractivity contribution in [3.05, 3.63) is 36.1 Å². The zero-order chi connectivity index (χ0) is 24.2. The van der Waals surface area contributed by atoms with Crippen LogP contribution >= 0.6 is 0 Å². The van der Waals surface area contributed by atoms with Gasteiger partial charge >= 0.3 is 0 Å². The summed E-state index contributed by atoms with van der Waals surface area (Å²) in [5.41, 5.74) is 1.37. The SMILES string of the molecule is CC1CCCC(C/C=C\C([B]C2CCCCCCC2)=C/C=N[C@H](C)C2N(C)C=CN2C)CCC1. The number of allylic oxidation sites excluding steroid dienone is 4. The quantitative estimate of drug-likeness (QED) is 0.207. The summed E-state index contributed by atoms with van der Waals surface area (Å²) < 4.78 is 0. The summed E-state index contributed by atoms with van der Waals surface area (Å²) >= 11 is 0. The van der Waals surface area contributed by atoms with Crippen LogP contribution in [0.1, 0.15) is 104 Å². The lowest BCUT2D eigenvalue weighted by Gasteiger charge is -2.30. The van der Waals surface area contributed by atoms with Gasteiger partial charge in [0.2, 0.25) is 0 Å². The molecule has 3 nitrogen and oxygen atoms in total. The molecular formula is C30H51BN3. The Bertz CT molecular complexity index is 667. The first-order valence-corrected chi connectivity index (χ1v) is 14.4. The molecule has 0 aromatic rings. The van der Waals surface area contributed by atoms with E-state index in [1.807, 2.05) is 0 Å². The van der Waals surface area contributed by atoms with E-state index in [1.54, 1.807) is 0 Å². The maximum absolute atomic E-state index is 4.92. The highest BCUT2D eigenvalue weighted by Crippen LogP contribution is 2.29. The van der Waals surface area contributed by atoms with Gasteiger partial charge in [-0.1, -0.05) is 120 Å². The third-order valence-electron chi connectivity index (χ3n) is 8.37. The molecule has 1 atom stereocenters. The fourth-order valence-electron chi connectivity index (χ4n) is 6.22. The summed E-state index contributed by atoms with van der Waals surface area (Å²) in [5.74, 6) is 2.54.